The van der Waals surface area contributed by atoms with Crippen molar-refractivity contribution in [3.8, 4) is 0 Å². The van der Waals surface area contributed by atoms with Gasteiger partial charge in [-0.05, 0) is 30.7 Å². The highest BCUT2D eigenvalue weighted by Gasteiger charge is 2.12. The largest absolute Gasteiger partial charge is 0.344 e. The zero-order valence-electron chi connectivity index (χ0n) is 13.6. The Morgan fingerprint density at radius 1 is 1.04 bits per heavy atom. The number of carbonyl (C=O) groups is 1. The maximum absolute atomic E-state index is 12.3. The van der Waals surface area contributed by atoms with Crippen molar-refractivity contribution in [3.63, 3.8) is 0 Å². The second-order valence-corrected chi connectivity index (χ2v) is 6.44. The highest BCUT2D eigenvalue weighted by molar-refractivity contribution is 9.10. The molecule has 0 spiro atoms. The number of carbonyl (C=O) groups excluding carboxylic acids is 1. The van der Waals surface area contributed by atoms with Crippen molar-refractivity contribution in [1.29, 1.82) is 0 Å². The van der Waals surface area contributed by atoms with Crippen molar-refractivity contribution in [1.82, 2.24) is 15.3 Å². The van der Waals surface area contributed by atoms with Crippen molar-refractivity contribution in [2.45, 2.75) is 13.0 Å². The highest BCUT2D eigenvalue weighted by Crippen LogP contribution is 2.19. The van der Waals surface area contributed by atoms with E-state index in [1.54, 1.807) is 6.20 Å². The Morgan fingerprint density at radius 3 is 2.52 bits per heavy atom. The van der Waals surface area contributed by atoms with E-state index in [4.69, 9.17) is 0 Å². The van der Waals surface area contributed by atoms with Gasteiger partial charge in [-0.3, -0.25) is 4.79 Å². The lowest BCUT2D eigenvalue weighted by Gasteiger charge is -2.14. The van der Waals surface area contributed by atoms with Crippen molar-refractivity contribution in [2.75, 3.05) is 5.32 Å². The standard InChI is InChI=1S/C19H17BrN4O/c1-13(14-6-3-2-4-7-14)23-19(25)17-11-22-18(12-21-17)24-16-9-5-8-15(20)10-16/h2-13H,1H3,(H,22,24)(H,23,25). The van der Waals surface area contributed by atoms with Gasteiger partial charge in [-0.25, -0.2) is 9.97 Å². The highest BCUT2D eigenvalue weighted by atomic mass is 79.9. The van der Waals surface area contributed by atoms with Gasteiger partial charge in [0.1, 0.15) is 11.5 Å². The molecule has 1 unspecified atom stereocenters. The third-order valence-corrected chi connectivity index (χ3v) is 4.12. The number of halogens is 1. The van der Waals surface area contributed by atoms with Gasteiger partial charge in [0.15, 0.2) is 0 Å². The summed E-state index contributed by atoms with van der Waals surface area (Å²) >= 11 is 3.42. The van der Waals surface area contributed by atoms with E-state index >= 15 is 0 Å². The van der Waals surface area contributed by atoms with Crippen LogP contribution in [0.1, 0.15) is 29.0 Å². The third kappa shape index (κ3) is 4.64. The molecule has 0 saturated carbocycles. The lowest BCUT2D eigenvalue weighted by Crippen LogP contribution is -2.27. The predicted octanol–water partition coefficient (Wildman–Crippen LogP) is 4.47. The molecule has 2 N–H and O–H groups in total. The second kappa shape index (κ2) is 7.90. The molecular weight excluding hydrogens is 380 g/mol. The Bertz CT molecular complexity index is 853. The fourth-order valence-corrected chi connectivity index (χ4v) is 2.72. The first-order chi connectivity index (χ1) is 12.1. The van der Waals surface area contributed by atoms with E-state index in [0.29, 0.717) is 5.82 Å². The molecule has 0 radical (unpaired) electrons. The van der Waals surface area contributed by atoms with E-state index in [9.17, 15) is 4.79 Å². The number of amides is 1. The van der Waals surface area contributed by atoms with Crippen LogP contribution in [0.2, 0.25) is 0 Å². The van der Waals surface area contributed by atoms with Crippen molar-refractivity contribution < 1.29 is 4.79 Å². The maximum atomic E-state index is 12.3. The van der Waals surface area contributed by atoms with Crippen molar-refractivity contribution in [2.24, 2.45) is 0 Å². The number of rotatable bonds is 5. The first-order valence-corrected chi connectivity index (χ1v) is 8.61. The average Bonchev–Trinajstić information content (AvgIpc) is 2.63. The van der Waals surface area contributed by atoms with Crippen LogP contribution in [0.5, 0.6) is 0 Å². The van der Waals surface area contributed by atoms with E-state index in [0.717, 1.165) is 15.7 Å². The monoisotopic (exact) mass is 396 g/mol. The Hall–Kier alpha value is -2.73. The molecule has 0 fully saturated rings. The molecule has 3 rings (SSSR count). The van der Waals surface area contributed by atoms with E-state index in [2.05, 4.69) is 36.5 Å². The third-order valence-electron chi connectivity index (χ3n) is 3.63. The molecule has 0 aliphatic heterocycles. The first-order valence-electron chi connectivity index (χ1n) is 7.82. The average molecular weight is 397 g/mol. The van der Waals surface area contributed by atoms with E-state index in [-0.39, 0.29) is 17.6 Å². The molecular formula is C19H17BrN4O. The normalized spacial score (nSPS) is 11.6. The summed E-state index contributed by atoms with van der Waals surface area (Å²) in [6.07, 6.45) is 3.01. The lowest BCUT2D eigenvalue weighted by molar-refractivity contribution is 0.0934. The molecule has 1 aromatic heterocycles. The SMILES string of the molecule is CC(NC(=O)c1cnc(Nc2cccc(Br)c2)cn1)c1ccccc1. The fourth-order valence-electron chi connectivity index (χ4n) is 2.32. The zero-order chi connectivity index (χ0) is 17.6. The molecule has 126 valence electrons. The molecule has 0 aliphatic rings. The fraction of sp³-hybridized carbons (Fsp3) is 0.105. The molecule has 3 aromatic rings. The van der Waals surface area contributed by atoms with Gasteiger partial charge in [0.2, 0.25) is 0 Å². The van der Waals surface area contributed by atoms with Gasteiger partial charge in [0.05, 0.1) is 18.4 Å². The number of hydrogen-bond acceptors (Lipinski definition) is 4. The van der Waals surface area contributed by atoms with Crippen LogP contribution in [-0.4, -0.2) is 15.9 Å². The molecule has 1 amide bonds. The smallest absolute Gasteiger partial charge is 0.271 e. The number of nitrogens with one attached hydrogen (secondary N) is 2. The van der Waals surface area contributed by atoms with Crippen LogP contribution in [0, 0.1) is 0 Å². The molecule has 0 bridgehead atoms. The summed E-state index contributed by atoms with van der Waals surface area (Å²) in [6, 6.07) is 17.4. The van der Waals surface area contributed by atoms with Crippen LogP contribution in [-0.2, 0) is 0 Å². The van der Waals surface area contributed by atoms with Gasteiger partial charge in [0, 0.05) is 10.2 Å². The Balaban J connectivity index is 1.64. The van der Waals surface area contributed by atoms with Crippen molar-refractivity contribution >= 4 is 33.3 Å². The van der Waals surface area contributed by atoms with Crippen LogP contribution >= 0.6 is 15.9 Å². The van der Waals surface area contributed by atoms with Crippen LogP contribution in [0.25, 0.3) is 0 Å². The van der Waals surface area contributed by atoms with Crippen molar-refractivity contribution in [3.05, 3.63) is 82.7 Å². The minimum atomic E-state index is -0.252. The van der Waals surface area contributed by atoms with Gasteiger partial charge in [0.25, 0.3) is 5.91 Å². The summed E-state index contributed by atoms with van der Waals surface area (Å²) in [5.41, 5.74) is 2.21. The van der Waals surface area contributed by atoms with Crippen LogP contribution in [0.4, 0.5) is 11.5 Å². The van der Waals surface area contributed by atoms with Gasteiger partial charge >= 0.3 is 0 Å². The van der Waals surface area contributed by atoms with Gasteiger partial charge in [-0.1, -0.05) is 52.3 Å². The second-order valence-electron chi connectivity index (χ2n) is 5.53. The Kier molecular flexibility index (Phi) is 5.40. The Morgan fingerprint density at radius 2 is 1.84 bits per heavy atom. The molecule has 2 aromatic carbocycles. The molecule has 1 heterocycles. The van der Waals surface area contributed by atoms with Gasteiger partial charge in [-0.2, -0.15) is 0 Å². The molecule has 0 saturated heterocycles. The quantitative estimate of drug-likeness (QED) is 0.667. The summed E-state index contributed by atoms with van der Waals surface area (Å²) in [5.74, 6) is 0.323. The van der Waals surface area contributed by atoms with Gasteiger partial charge in [-0.15, -0.1) is 0 Å². The maximum Gasteiger partial charge on any atom is 0.271 e. The number of nitrogens with zero attached hydrogens (tertiary/aromatic N) is 2. The predicted molar refractivity (Wildman–Crippen MR) is 102 cm³/mol. The molecule has 1 atom stereocenters. The summed E-state index contributed by atoms with van der Waals surface area (Å²) in [5, 5.41) is 6.06. The van der Waals surface area contributed by atoms with Crippen LogP contribution < -0.4 is 10.6 Å². The number of aromatic nitrogens is 2. The topological polar surface area (TPSA) is 66.9 Å². The minimum Gasteiger partial charge on any atom is -0.344 e. The lowest BCUT2D eigenvalue weighted by atomic mass is 10.1. The first kappa shape index (κ1) is 17.1. The number of anilines is 2. The van der Waals surface area contributed by atoms with E-state index < -0.39 is 0 Å². The number of benzene rings is 2. The zero-order valence-corrected chi connectivity index (χ0v) is 15.2. The number of hydrogen-bond donors (Lipinski definition) is 2. The van der Waals surface area contributed by atoms with Crippen LogP contribution in [0.3, 0.4) is 0 Å². The summed E-state index contributed by atoms with van der Waals surface area (Å²) in [6.45, 7) is 1.93. The van der Waals surface area contributed by atoms with Gasteiger partial charge < -0.3 is 10.6 Å². The van der Waals surface area contributed by atoms with E-state index in [1.165, 1.54) is 6.20 Å². The molecule has 0 aliphatic carbocycles. The summed E-state index contributed by atoms with van der Waals surface area (Å²) in [4.78, 5) is 20.8. The van der Waals surface area contributed by atoms with Crippen LogP contribution in [0.15, 0.2) is 71.5 Å². The Labute approximate surface area is 154 Å². The minimum absolute atomic E-state index is 0.102. The summed E-state index contributed by atoms with van der Waals surface area (Å²) < 4.78 is 0.969. The molecule has 25 heavy (non-hydrogen) atoms. The summed E-state index contributed by atoms with van der Waals surface area (Å²) in [7, 11) is 0. The molecule has 5 nitrogen and oxygen atoms in total. The molecule has 6 heteroatoms. The van der Waals surface area contributed by atoms with E-state index in [1.807, 2.05) is 61.5 Å².